The molecular weight excluding hydrogens is 460 g/mol. The molecule has 0 bridgehead atoms. The molecule has 4 rings (SSSR count). The summed E-state index contributed by atoms with van der Waals surface area (Å²) in [6, 6.07) is 22.9. The van der Waals surface area contributed by atoms with Gasteiger partial charge in [-0.1, -0.05) is 60.1 Å². The Hall–Kier alpha value is -3.61. The lowest BCUT2D eigenvalue weighted by molar-refractivity contribution is -0.129. The molecule has 0 radical (unpaired) electrons. The van der Waals surface area contributed by atoms with Crippen molar-refractivity contribution < 1.29 is 9.59 Å². The van der Waals surface area contributed by atoms with E-state index in [1.54, 1.807) is 17.0 Å². The maximum absolute atomic E-state index is 13.0. The van der Waals surface area contributed by atoms with E-state index in [0.29, 0.717) is 34.9 Å². The fraction of sp³-hybridized carbons (Fsp3) is 0.214. The zero-order chi connectivity index (χ0) is 24.9. The van der Waals surface area contributed by atoms with Gasteiger partial charge in [0.05, 0.1) is 23.4 Å². The molecule has 7 heteroatoms. The predicted octanol–water partition coefficient (Wildman–Crippen LogP) is 4.84. The highest BCUT2D eigenvalue weighted by atomic mass is 35.5. The SMILES string of the molecule is CN(C)CCN(C)C(=O)Cc1ccc(NC(=C2C(=O)Nc3cc(Cl)ccc32)c2ccccc2)cc1. The van der Waals surface area contributed by atoms with E-state index in [1.165, 1.54) is 0 Å². The Morgan fingerprint density at radius 3 is 2.34 bits per heavy atom. The maximum atomic E-state index is 13.0. The van der Waals surface area contributed by atoms with Crippen LogP contribution in [0.5, 0.6) is 0 Å². The molecule has 0 saturated heterocycles. The number of hydrogen-bond donors (Lipinski definition) is 2. The van der Waals surface area contributed by atoms with Gasteiger partial charge in [-0.15, -0.1) is 0 Å². The number of fused-ring (bicyclic) bond motifs is 1. The van der Waals surface area contributed by atoms with Crippen molar-refractivity contribution in [2.45, 2.75) is 6.42 Å². The summed E-state index contributed by atoms with van der Waals surface area (Å²) in [6.45, 7) is 1.51. The number of amides is 2. The van der Waals surface area contributed by atoms with E-state index in [9.17, 15) is 9.59 Å². The van der Waals surface area contributed by atoms with Crippen LogP contribution in [0.2, 0.25) is 5.02 Å². The van der Waals surface area contributed by atoms with Gasteiger partial charge in [-0.25, -0.2) is 0 Å². The van der Waals surface area contributed by atoms with Gasteiger partial charge in [0.15, 0.2) is 0 Å². The second kappa shape index (κ2) is 10.8. The minimum absolute atomic E-state index is 0.0811. The zero-order valence-electron chi connectivity index (χ0n) is 20.1. The highest BCUT2D eigenvalue weighted by molar-refractivity contribution is 6.38. The Morgan fingerprint density at radius 1 is 0.943 bits per heavy atom. The van der Waals surface area contributed by atoms with Gasteiger partial charge in [-0.05, 0) is 49.5 Å². The summed E-state index contributed by atoms with van der Waals surface area (Å²) < 4.78 is 0. The molecule has 0 fully saturated rings. The summed E-state index contributed by atoms with van der Waals surface area (Å²) in [5.41, 5.74) is 5.41. The van der Waals surface area contributed by atoms with Gasteiger partial charge in [0, 0.05) is 36.4 Å². The quantitative estimate of drug-likeness (QED) is 0.445. The smallest absolute Gasteiger partial charge is 0.258 e. The Bertz CT molecular complexity index is 1250. The molecule has 0 aliphatic carbocycles. The predicted molar refractivity (Wildman–Crippen MR) is 143 cm³/mol. The number of nitrogens with one attached hydrogen (secondary N) is 2. The minimum atomic E-state index is -0.184. The summed E-state index contributed by atoms with van der Waals surface area (Å²) in [4.78, 5) is 29.4. The number of anilines is 2. The van der Waals surface area contributed by atoms with Crippen LogP contribution >= 0.6 is 11.6 Å². The number of rotatable bonds is 8. The van der Waals surface area contributed by atoms with Gasteiger partial charge in [0.25, 0.3) is 5.91 Å². The van der Waals surface area contributed by atoms with Crippen LogP contribution in [-0.2, 0) is 16.0 Å². The Balaban J connectivity index is 1.59. The van der Waals surface area contributed by atoms with Crippen molar-refractivity contribution in [3.8, 4) is 0 Å². The molecule has 1 aliphatic rings. The Kier molecular flexibility index (Phi) is 7.54. The van der Waals surface area contributed by atoms with Crippen molar-refractivity contribution in [1.29, 1.82) is 0 Å². The van der Waals surface area contributed by atoms with E-state index >= 15 is 0 Å². The molecule has 0 atom stereocenters. The van der Waals surface area contributed by atoms with Crippen molar-refractivity contribution in [3.63, 3.8) is 0 Å². The molecule has 35 heavy (non-hydrogen) atoms. The van der Waals surface area contributed by atoms with Gasteiger partial charge in [0.1, 0.15) is 0 Å². The maximum Gasteiger partial charge on any atom is 0.258 e. The summed E-state index contributed by atoms with van der Waals surface area (Å²) >= 11 is 6.13. The molecule has 3 aromatic rings. The van der Waals surface area contributed by atoms with Gasteiger partial charge in [-0.2, -0.15) is 0 Å². The van der Waals surface area contributed by atoms with Crippen LogP contribution in [0.1, 0.15) is 16.7 Å². The first-order valence-corrected chi connectivity index (χ1v) is 11.9. The van der Waals surface area contributed by atoms with Crippen molar-refractivity contribution >= 4 is 46.1 Å². The van der Waals surface area contributed by atoms with E-state index in [-0.39, 0.29) is 11.8 Å². The van der Waals surface area contributed by atoms with Gasteiger partial charge in [-0.3, -0.25) is 9.59 Å². The van der Waals surface area contributed by atoms with Crippen LogP contribution in [0.15, 0.2) is 72.8 Å². The van der Waals surface area contributed by atoms with Crippen LogP contribution in [-0.4, -0.2) is 55.8 Å². The standard InChI is InChI=1S/C28H29ClN4O2/c1-32(2)15-16-33(3)25(34)17-19-9-12-22(13-10-19)30-27(20-7-5-4-6-8-20)26-23-14-11-21(29)18-24(23)31-28(26)35/h4-14,18,30H,15-17H2,1-3H3,(H,31,35). The average molecular weight is 489 g/mol. The third-order valence-electron chi connectivity index (χ3n) is 5.93. The average Bonchev–Trinajstić information content (AvgIpc) is 3.16. The molecule has 2 N–H and O–H groups in total. The second-order valence-electron chi connectivity index (χ2n) is 8.88. The van der Waals surface area contributed by atoms with Crippen molar-refractivity contribution in [2.75, 3.05) is 44.9 Å². The number of carbonyl (C=O) groups is 2. The molecule has 0 aromatic heterocycles. The topological polar surface area (TPSA) is 64.7 Å². The third kappa shape index (κ3) is 5.91. The first kappa shape index (κ1) is 24.5. The highest BCUT2D eigenvalue weighted by Crippen LogP contribution is 2.38. The lowest BCUT2D eigenvalue weighted by atomic mass is 10.00. The molecule has 0 unspecified atom stereocenters. The number of benzene rings is 3. The Morgan fingerprint density at radius 2 is 1.66 bits per heavy atom. The molecular formula is C28H29ClN4O2. The number of halogens is 1. The first-order valence-electron chi connectivity index (χ1n) is 11.5. The van der Waals surface area contributed by atoms with E-state index in [4.69, 9.17) is 11.6 Å². The van der Waals surface area contributed by atoms with Crippen LogP contribution < -0.4 is 10.6 Å². The second-order valence-corrected chi connectivity index (χ2v) is 9.31. The first-order chi connectivity index (χ1) is 16.8. The molecule has 3 aromatic carbocycles. The third-order valence-corrected chi connectivity index (χ3v) is 6.16. The van der Waals surface area contributed by atoms with E-state index in [1.807, 2.05) is 81.8 Å². The summed E-state index contributed by atoms with van der Waals surface area (Å²) in [5.74, 6) is -0.103. The molecule has 1 heterocycles. The van der Waals surface area contributed by atoms with E-state index < -0.39 is 0 Å². The van der Waals surface area contributed by atoms with Crippen molar-refractivity contribution in [3.05, 3.63) is 94.5 Å². The number of nitrogens with zero attached hydrogens (tertiary/aromatic N) is 2. The lowest BCUT2D eigenvalue weighted by Gasteiger charge is -2.20. The normalized spacial score (nSPS) is 13.9. The molecule has 1 aliphatic heterocycles. The largest absolute Gasteiger partial charge is 0.354 e. The molecule has 180 valence electrons. The van der Waals surface area contributed by atoms with Crippen LogP contribution in [0, 0.1) is 0 Å². The summed E-state index contributed by atoms with van der Waals surface area (Å²) in [5, 5.41) is 6.93. The van der Waals surface area contributed by atoms with Crippen LogP contribution in [0.25, 0.3) is 11.3 Å². The minimum Gasteiger partial charge on any atom is -0.354 e. The molecule has 0 saturated carbocycles. The lowest BCUT2D eigenvalue weighted by Crippen LogP contribution is -2.34. The van der Waals surface area contributed by atoms with Crippen LogP contribution in [0.4, 0.5) is 11.4 Å². The van der Waals surface area contributed by atoms with Gasteiger partial charge >= 0.3 is 0 Å². The van der Waals surface area contributed by atoms with E-state index in [2.05, 4.69) is 15.5 Å². The fourth-order valence-corrected chi connectivity index (χ4v) is 4.08. The number of hydrogen-bond acceptors (Lipinski definition) is 4. The monoisotopic (exact) mass is 488 g/mol. The van der Waals surface area contributed by atoms with E-state index in [0.717, 1.165) is 28.9 Å². The van der Waals surface area contributed by atoms with Crippen molar-refractivity contribution in [2.24, 2.45) is 0 Å². The van der Waals surface area contributed by atoms with Crippen molar-refractivity contribution in [1.82, 2.24) is 9.80 Å². The summed E-state index contributed by atoms with van der Waals surface area (Å²) in [7, 11) is 5.82. The Labute approximate surface area is 211 Å². The highest BCUT2D eigenvalue weighted by Gasteiger charge is 2.28. The summed E-state index contributed by atoms with van der Waals surface area (Å²) in [6.07, 6.45) is 0.341. The van der Waals surface area contributed by atoms with Gasteiger partial charge in [0.2, 0.25) is 5.91 Å². The van der Waals surface area contributed by atoms with Gasteiger partial charge < -0.3 is 20.4 Å². The number of likely N-dealkylation sites (N-methyl/N-ethyl adjacent to an activating group) is 2. The fourth-order valence-electron chi connectivity index (χ4n) is 3.91. The van der Waals surface area contributed by atoms with Crippen LogP contribution in [0.3, 0.4) is 0 Å². The zero-order valence-corrected chi connectivity index (χ0v) is 20.9. The molecule has 6 nitrogen and oxygen atoms in total. The number of carbonyl (C=O) groups excluding carboxylic acids is 2. The molecule has 0 spiro atoms. The molecule has 2 amide bonds.